The first-order valence-electron chi connectivity index (χ1n) is 15.1. The Kier molecular flexibility index (Phi) is 9.27. The van der Waals surface area contributed by atoms with E-state index in [0.717, 1.165) is 11.4 Å². The van der Waals surface area contributed by atoms with Gasteiger partial charge in [-0.15, -0.1) is 0 Å². The van der Waals surface area contributed by atoms with Crippen LogP contribution in [0.15, 0.2) is 68.3 Å². The summed E-state index contributed by atoms with van der Waals surface area (Å²) in [5.74, 6) is -1.90. The molecule has 2 aromatic carbocycles. The van der Waals surface area contributed by atoms with E-state index < -0.39 is 22.0 Å². The lowest BCUT2D eigenvalue weighted by molar-refractivity contribution is -0.137. The number of ketones is 2. The van der Waals surface area contributed by atoms with E-state index in [0.29, 0.717) is 34.6 Å². The van der Waals surface area contributed by atoms with Crippen LogP contribution in [0.2, 0.25) is 5.02 Å². The SMILES string of the molecule is CCOc1cc(C2C3=C(CC(C)(C)CC3=O)N(CCC(=O)O)C3=C2C(=O)CC(C)(C)C3)cc(Br)c1OS(=O)(=O)c1ccc(Cl)cc1. The standard InChI is InChI=1S/C34H37BrClNO8S/c1-6-44-27-14-19(13-22(35)32(27)45-46(42,43)21-9-7-20(36)8-10-21)29-30-23(15-33(2,3)17-25(30)38)37(12-11-28(40)41)24-16-34(4,5)18-26(39)31(24)29/h7-10,13-14,29H,6,11-12,15-18H2,1-5H3,(H,40,41). The topological polar surface area (TPSA) is 127 Å². The Balaban J connectivity index is 1.71. The van der Waals surface area contributed by atoms with Crippen molar-refractivity contribution < 1.29 is 36.8 Å². The second-order valence-corrected chi connectivity index (χ2v) is 16.4. The lowest BCUT2D eigenvalue weighted by Gasteiger charge is -2.49. The van der Waals surface area contributed by atoms with Crippen molar-refractivity contribution in [2.24, 2.45) is 10.8 Å². The molecule has 3 aliphatic rings. The Labute approximate surface area is 282 Å². The number of carbonyl (C=O) groups excluding carboxylic acids is 2. The van der Waals surface area contributed by atoms with Gasteiger partial charge in [-0.25, -0.2) is 0 Å². The van der Waals surface area contributed by atoms with Gasteiger partial charge in [0.05, 0.1) is 17.5 Å². The lowest BCUT2D eigenvalue weighted by atomic mass is 9.63. The van der Waals surface area contributed by atoms with Crippen LogP contribution in [0.3, 0.4) is 0 Å². The minimum Gasteiger partial charge on any atom is -0.490 e. The van der Waals surface area contributed by atoms with E-state index in [-0.39, 0.29) is 75.7 Å². The maximum atomic E-state index is 14.1. The first-order chi connectivity index (χ1) is 21.4. The summed E-state index contributed by atoms with van der Waals surface area (Å²) in [5, 5.41) is 9.98. The molecule has 246 valence electrons. The molecule has 0 bridgehead atoms. The normalized spacial score (nSPS) is 19.6. The molecule has 0 saturated carbocycles. The molecule has 5 rings (SSSR count). The number of hydrogen-bond donors (Lipinski definition) is 1. The van der Waals surface area contributed by atoms with Gasteiger partial charge in [-0.05, 0) is 88.5 Å². The molecule has 12 heteroatoms. The van der Waals surface area contributed by atoms with E-state index in [1.807, 2.05) is 32.6 Å². The maximum absolute atomic E-state index is 14.1. The molecule has 1 aliphatic heterocycles. The summed E-state index contributed by atoms with van der Waals surface area (Å²) in [7, 11) is -4.28. The average Bonchev–Trinajstić information content (AvgIpc) is 2.92. The largest absolute Gasteiger partial charge is 0.490 e. The molecule has 0 amide bonds. The number of allylic oxidation sites excluding steroid dienone is 4. The second-order valence-electron chi connectivity index (χ2n) is 13.6. The molecule has 0 spiro atoms. The van der Waals surface area contributed by atoms with Gasteiger partial charge in [0.1, 0.15) is 4.90 Å². The van der Waals surface area contributed by atoms with Crippen LogP contribution in [-0.4, -0.2) is 49.1 Å². The third-order valence-corrected chi connectivity index (χ3v) is 10.6. The van der Waals surface area contributed by atoms with Crippen LogP contribution in [0.5, 0.6) is 11.5 Å². The summed E-state index contributed by atoms with van der Waals surface area (Å²) < 4.78 is 38.3. The molecule has 9 nitrogen and oxygen atoms in total. The zero-order chi connectivity index (χ0) is 33.8. The summed E-state index contributed by atoms with van der Waals surface area (Å²) in [6, 6.07) is 8.88. The van der Waals surface area contributed by atoms with E-state index in [2.05, 4.69) is 15.9 Å². The summed E-state index contributed by atoms with van der Waals surface area (Å²) in [6.07, 6.45) is 1.41. The van der Waals surface area contributed by atoms with Gasteiger partial charge in [-0.1, -0.05) is 39.3 Å². The average molecular weight is 735 g/mol. The predicted molar refractivity (Wildman–Crippen MR) is 176 cm³/mol. The van der Waals surface area contributed by atoms with Crippen LogP contribution in [0.4, 0.5) is 0 Å². The van der Waals surface area contributed by atoms with Crippen molar-refractivity contribution in [2.75, 3.05) is 13.2 Å². The number of ether oxygens (including phenoxy) is 1. The molecule has 0 aromatic heterocycles. The number of carboxylic acid groups (broad SMARTS) is 1. The first kappa shape index (κ1) is 34.2. The fraction of sp³-hybridized carbons (Fsp3) is 0.441. The summed E-state index contributed by atoms with van der Waals surface area (Å²) >= 11 is 9.44. The fourth-order valence-electron chi connectivity index (χ4n) is 6.72. The Bertz CT molecular complexity index is 1740. The molecule has 1 N–H and O–H groups in total. The quantitative estimate of drug-likeness (QED) is 0.262. The van der Waals surface area contributed by atoms with Gasteiger partial charge in [0.15, 0.2) is 23.1 Å². The van der Waals surface area contributed by atoms with Crippen LogP contribution >= 0.6 is 27.5 Å². The minimum atomic E-state index is -4.28. The highest BCUT2D eigenvalue weighted by Gasteiger charge is 2.49. The second kappa shape index (κ2) is 12.5. The molecular formula is C34H37BrClNO8S. The number of halogens is 2. The summed E-state index contributed by atoms with van der Waals surface area (Å²) in [5.41, 5.74) is 2.21. The minimum absolute atomic E-state index is 0.0740. The lowest BCUT2D eigenvalue weighted by Crippen LogP contribution is -2.45. The van der Waals surface area contributed by atoms with Crippen LogP contribution in [0, 0.1) is 10.8 Å². The Morgan fingerprint density at radius 1 is 0.978 bits per heavy atom. The highest BCUT2D eigenvalue weighted by molar-refractivity contribution is 9.10. The zero-order valence-electron chi connectivity index (χ0n) is 26.4. The van der Waals surface area contributed by atoms with Gasteiger partial charge in [-0.2, -0.15) is 8.42 Å². The van der Waals surface area contributed by atoms with Crippen LogP contribution in [0.25, 0.3) is 0 Å². The van der Waals surface area contributed by atoms with Crippen LogP contribution < -0.4 is 8.92 Å². The number of aliphatic carboxylic acids is 1. The van der Waals surface area contributed by atoms with Gasteiger partial charge < -0.3 is 18.9 Å². The zero-order valence-corrected chi connectivity index (χ0v) is 29.6. The van der Waals surface area contributed by atoms with Gasteiger partial charge in [0.25, 0.3) is 0 Å². The van der Waals surface area contributed by atoms with Crippen LogP contribution in [0.1, 0.15) is 78.2 Å². The molecule has 46 heavy (non-hydrogen) atoms. The third-order valence-electron chi connectivity index (χ3n) is 8.53. The third kappa shape index (κ3) is 6.78. The van der Waals surface area contributed by atoms with Gasteiger partial charge >= 0.3 is 16.1 Å². The molecule has 2 aromatic rings. The number of carbonyl (C=O) groups is 3. The van der Waals surface area contributed by atoms with E-state index in [9.17, 15) is 27.9 Å². The van der Waals surface area contributed by atoms with E-state index in [1.165, 1.54) is 24.3 Å². The number of carboxylic acids is 1. The van der Waals surface area contributed by atoms with E-state index in [1.54, 1.807) is 19.1 Å². The van der Waals surface area contributed by atoms with Gasteiger partial charge in [0, 0.05) is 52.9 Å². The van der Waals surface area contributed by atoms with E-state index in [4.69, 9.17) is 20.5 Å². The molecule has 0 saturated heterocycles. The Morgan fingerprint density at radius 2 is 1.52 bits per heavy atom. The predicted octanol–water partition coefficient (Wildman–Crippen LogP) is 7.43. The number of nitrogens with zero attached hydrogens (tertiary/aromatic N) is 1. The number of Topliss-reactive ketones (excluding diaryl/α,β-unsaturated/α-hetero) is 2. The fourth-order valence-corrected chi connectivity index (χ4v) is 8.45. The number of hydrogen-bond acceptors (Lipinski definition) is 8. The van der Waals surface area contributed by atoms with E-state index >= 15 is 0 Å². The highest BCUT2D eigenvalue weighted by atomic mass is 79.9. The Hall–Kier alpha value is -3.15. The van der Waals surface area contributed by atoms with Gasteiger partial charge in [-0.3, -0.25) is 14.4 Å². The smallest absolute Gasteiger partial charge is 0.339 e. The monoisotopic (exact) mass is 733 g/mol. The molecule has 0 fully saturated rings. The van der Waals surface area contributed by atoms with Crippen molar-refractivity contribution in [2.45, 2.75) is 77.5 Å². The van der Waals surface area contributed by atoms with Crippen molar-refractivity contribution in [1.29, 1.82) is 0 Å². The summed E-state index contributed by atoms with van der Waals surface area (Å²) in [6.45, 7) is 10.1. The summed E-state index contributed by atoms with van der Waals surface area (Å²) in [4.78, 5) is 41.7. The number of benzene rings is 2. The van der Waals surface area contributed by atoms with Crippen LogP contribution in [-0.2, 0) is 24.5 Å². The van der Waals surface area contributed by atoms with Crippen molar-refractivity contribution in [1.82, 2.24) is 4.90 Å². The molecule has 0 atom stereocenters. The van der Waals surface area contributed by atoms with Crippen molar-refractivity contribution in [3.63, 3.8) is 0 Å². The maximum Gasteiger partial charge on any atom is 0.339 e. The van der Waals surface area contributed by atoms with Gasteiger partial charge in [0.2, 0.25) is 0 Å². The first-order valence-corrected chi connectivity index (χ1v) is 17.7. The molecule has 0 unspecified atom stereocenters. The number of rotatable bonds is 9. The molecule has 1 heterocycles. The van der Waals surface area contributed by atoms with Crippen molar-refractivity contribution in [3.8, 4) is 11.5 Å². The Morgan fingerprint density at radius 3 is 2.02 bits per heavy atom. The molecular weight excluding hydrogens is 698 g/mol. The highest BCUT2D eigenvalue weighted by Crippen LogP contribution is 2.55. The molecule has 2 aliphatic carbocycles. The van der Waals surface area contributed by atoms with Crippen molar-refractivity contribution in [3.05, 3.63) is 74.0 Å². The molecule has 0 radical (unpaired) electrons. The van der Waals surface area contributed by atoms with Crippen molar-refractivity contribution >= 4 is 55.2 Å².